The molecule has 1 N–H and O–H groups in total. The maximum absolute atomic E-state index is 10.8. The van der Waals surface area contributed by atoms with Gasteiger partial charge >= 0.3 is 0 Å². The van der Waals surface area contributed by atoms with E-state index >= 15 is 0 Å². The fraction of sp³-hybridized carbons (Fsp3) is 0.538. The minimum Gasteiger partial charge on any atom is -0.389 e. The van der Waals surface area contributed by atoms with Gasteiger partial charge in [-0.05, 0) is 33.4 Å². The van der Waals surface area contributed by atoms with Crippen LogP contribution in [-0.4, -0.2) is 34.1 Å². The first-order valence-electron chi connectivity index (χ1n) is 5.84. The van der Waals surface area contributed by atoms with E-state index in [9.17, 15) is 15.2 Å². The van der Waals surface area contributed by atoms with Crippen LogP contribution in [0.15, 0.2) is 18.2 Å². The van der Waals surface area contributed by atoms with Crippen molar-refractivity contribution in [1.29, 1.82) is 0 Å². The monoisotopic (exact) mass is 252 g/mol. The van der Waals surface area contributed by atoms with Gasteiger partial charge in [0.05, 0.1) is 10.5 Å². The number of nitro groups is 1. The number of hydrogen-bond acceptors (Lipinski definition) is 4. The van der Waals surface area contributed by atoms with E-state index in [2.05, 4.69) is 0 Å². The van der Waals surface area contributed by atoms with Crippen molar-refractivity contribution in [3.05, 3.63) is 39.4 Å². The molecule has 1 aromatic rings. The van der Waals surface area contributed by atoms with Gasteiger partial charge in [-0.2, -0.15) is 0 Å². The highest BCUT2D eigenvalue weighted by Crippen LogP contribution is 2.22. The molecule has 0 saturated carbocycles. The van der Waals surface area contributed by atoms with Crippen LogP contribution in [0.25, 0.3) is 0 Å². The lowest BCUT2D eigenvalue weighted by Gasteiger charge is -2.25. The summed E-state index contributed by atoms with van der Waals surface area (Å²) in [6, 6.07) is 5.08. The second-order valence-electron chi connectivity index (χ2n) is 5.30. The Kier molecular flexibility index (Phi) is 4.43. The molecule has 0 atom stereocenters. The molecule has 0 spiro atoms. The molecule has 1 rings (SSSR count). The topological polar surface area (TPSA) is 66.6 Å². The van der Waals surface area contributed by atoms with Gasteiger partial charge in [-0.15, -0.1) is 0 Å². The van der Waals surface area contributed by atoms with Crippen molar-refractivity contribution in [3.63, 3.8) is 0 Å². The molecule has 0 heterocycles. The van der Waals surface area contributed by atoms with Gasteiger partial charge in [-0.25, -0.2) is 0 Å². The number of hydrogen-bond donors (Lipinski definition) is 1. The Balaban J connectivity index is 2.85. The molecule has 0 aliphatic rings. The minimum atomic E-state index is -0.774. The van der Waals surface area contributed by atoms with Crippen LogP contribution in [-0.2, 0) is 6.54 Å². The van der Waals surface area contributed by atoms with Crippen molar-refractivity contribution in [2.45, 2.75) is 32.9 Å². The van der Waals surface area contributed by atoms with Crippen LogP contribution in [0.3, 0.4) is 0 Å². The van der Waals surface area contributed by atoms with E-state index in [1.54, 1.807) is 26.8 Å². The zero-order valence-corrected chi connectivity index (χ0v) is 11.3. The Bertz CT molecular complexity index is 438. The van der Waals surface area contributed by atoms with Crippen molar-refractivity contribution < 1.29 is 10.0 Å². The SMILES string of the molecule is Cc1c(CN(C)CC(C)(C)O)cccc1[N+](=O)[O-]. The van der Waals surface area contributed by atoms with E-state index < -0.39 is 5.60 Å². The second kappa shape index (κ2) is 5.46. The Morgan fingerprint density at radius 1 is 1.44 bits per heavy atom. The lowest BCUT2D eigenvalue weighted by molar-refractivity contribution is -0.385. The normalized spacial score (nSPS) is 11.9. The Labute approximate surface area is 107 Å². The molecule has 0 unspecified atom stereocenters. The van der Waals surface area contributed by atoms with Crippen LogP contribution >= 0.6 is 0 Å². The maximum Gasteiger partial charge on any atom is 0.272 e. The molecule has 0 aliphatic heterocycles. The van der Waals surface area contributed by atoms with E-state index in [-0.39, 0.29) is 10.6 Å². The zero-order valence-electron chi connectivity index (χ0n) is 11.3. The molecule has 0 amide bonds. The van der Waals surface area contributed by atoms with Crippen LogP contribution < -0.4 is 0 Å². The van der Waals surface area contributed by atoms with Gasteiger partial charge in [0.15, 0.2) is 0 Å². The van der Waals surface area contributed by atoms with E-state index in [0.717, 1.165) is 5.56 Å². The van der Waals surface area contributed by atoms with Gasteiger partial charge in [0, 0.05) is 24.7 Å². The largest absolute Gasteiger partial charge is 0.389 e. The molecule has 0 aromatic heterocycles. The summed E-state index contributed by atoms with van der Waals surface area (Å²) in [5.74, 6) is 0. The van der Waals surface area contributed by atoms with Crippen LogP contribution in [0, 0.1) is 17.0 Å². The molecule has 0 radical (unpaired) electrons. The molecule has 5 nitrogen and oxygen atoms in total. The molecule has 0 bridgehead atoms. The third kappa shape index (κ3) is 4.09. The van der Waals surface area contributed by atoms with E-state index in [4.69, 9.17) is 0 Å². The van der Waals surface area contributed by atoms with Crippen LogP contribution in [0.1, 0.15) is 25.0 Å². The summed E-state index contributed by atoms with van der Waals surface area (Å²) >= 11 is 0. The van der Waals surface area contributed by atoms with Crippen molar-refractivity contribution in [3.8, 4) is 0 Å². The smallest absolute Gasteiger partial charge is 0.272 e. The summed E-state index contributed by atoms with van der Waals surface area (Å²) in [4.78, 5) is 12.4. The third-order valence-electron chi connectivity index (χ3n) is 2.71. The number of aliphatic hydroxyl groups is 1. The highest BCUT2D eigenvalue weighted by molar-refractivity contribution is 5.44. The highest BCUT2D eigenvalue weighted by atomic mass is 16.6. The second-order valence-corrected chi connectivity index (χ2v) is 5.30. The van der Waals surface area contributed by atoms with Crippen LogP contribution in [0.4, 0.5) is 5.69 Å². The quantitative estimate of drug-likeness (QED) is 0.643. The summed E-state index contributed by atoms with van der Waals surface area (Å²) in [6.07, 6.45) is 0. The fourth-order valence-corrected chi connectivity index (χ4v) is 2.05. The third-order valence-corrected chi connectivity index (χ3v) is 2.71. The molecular formula is C13H20N2O3. The van der Waals surface area contributed by atoms with Gasteiger partial charge in [0.25, 0.3) is 5.69 Å². The lowest BCUT2D eigenvalue weighted by atomic mass is 10.1. The van der Waals surface area contributed by atoms with Crippen LogP contribution in [0.5, 0.6) is 0 Å². The number of likely N-dealkylation sites (N-methyl/N-ethyl adjacent to an activating group) is 1. The summed E-state index contributed by atoms with van der Waals surface area (Å²) in [6.45, 7) is 6.33. The number of benzene rings is 1. The van der Waals surface area contributed by atoms with Gasteiger partial charge < -0.3 is 5.11 Å². The standard InChI is InChI=1S/C13H20N2O3/c1-10-11(6-5-7-12(10)15(17)18)8-14(4)9-13(2,3)16/h5-7,16H,8-9H2,1-4H3. The summed E-state index contributed by atoms with van der Waals surface area (Å²) < 4.78 is 0. The van der Waals surface area contributed by atoms with E-state index in [1.807, 2.05) is 18.0 Å². The Morgan fingerprint density at radius 3 is 2.56 bits per heavy atom. The van der Waals surface area contributed by atoms with Crippen molar-refractivity contribution >= 4 is 5.69 Å². The highest BCUT2D eigenvalue weighted by Gasteiger charge is 2.18. The molecule has 100 valence electrons. The Hall–Kier alpha value is -1.46. The number of nitrogens with zero attached hydrogens (tertiary/aromatic N) is 2. The summed E-state index contributed by atoms with van der Waals surface area (Å²) in [5.41, 5.74) is 0.966. The molecule has 5 heteroatoms. The fourth-order valence-electron chi connectivity index (χ4n) is 2.05. The average molecular weight is 252 g/mol. The molecule has 0 fully saturated rings. The molecule has 0 saturated heterocycles. The summed E-state index contributed by atoms with van der Waals surface area (Å²) in [5, 5.41) is 20.6. The van der Waals surface area contributed by atoms with Gasteiger partial charge in [0.1, 0.15) is 0 Å². The van der Waals surface area contributed by atoms with Crippen molar-refractivity contribution in [2.24, 2.45) is 0 Å². The first-order valence-corrected chi connectivity index (χ1v) is 5.84. The molecule has 0 aliphatic carbocycles. The summed E-state index contributed by atoms with van der Waals surface area (Å²) in [7, 11) is 1.89. The van der Waals surface area contributed by atoms with Gasteiger partial charge in [-0.3, -0.25) is 15.0 Å². The first kappa shape index (κ1) is 14.6. The minimum absolute atomic E-state index is 0.143. The van der Waals surface area contributed by atoms with Crippen LogP contribution in [0.2, 0.25) is 0 Å². The molecule has 1 aromatic carbocycles. The maximum atomic E-state index is 10.8. The van der Waals surface area contributed by atoms with Gasteiger partial charge in [0.2, 0.25) is 0 Å². The Morgan fingerprint density at radius 2 is 2.06 bits per heavy atom. The van der Waals surface area contributed by atoms with Crippen molar-refractivity contribution in [1.82, 2.24) is 4.90 Å². The average Bonchev–Trinajstić information content (AvgIpc) is 2.17. The van der Waals surface area contributed by atoms with E-state index in [1.165, 1.54) is 6.07 Å². The van der Waals surface area contributed by atoms with Crippen molar-refractivity contribution in [2.75, 3.05) is 13.6 Å². The predicted octanol–water partition coefficient (Wildman–Crippen LogP) is 2.11. The zero-order chi connectivity index (χ0) is 13.9. The first-order chi connectivity index (χ1) is 8.20. The molecular weight excluding hydrogens is 232 g/mol. The number of nitro benzene ring substituents is 1. The van der Waals surface area contributed by atoms with Gasteiger partial charge in [-0.1, -0.05) is 12.1 Å². The predicted molar refractivity (Wildman–Crippen MR) is 70.5 cm³/mol. The lowest BCUT2D eigenvalue weighted by Crippen LogP contribution is -2.35. The number of rotatable bonds is 5. The molecule has 18 heavy (non-hydrogen) atoms. The van der Waals surface area contributed by atoms with E-state index in [0.29, 0.717) is 18.7 Å².